The number of nitrogens with zero attached hydrogens (tertiary/aromatic N) is 2. The van der Waals surface area contributed by atoms with Gasteiger partial charge in [-0.15, -0.1) is 0 Å². The lowest BCUT2D eigenvalue weighted by Crippen LogP contribution is -2.11. The number of non-ortho nitro benzene ring substituents is 1. The molecule has 19 heavy (non-hydrogen) atoms. The average Bonchev–Trinajstić information content (AvgIpc) is 2.73. The van der Waals surface area contributed by atoms with Crippen molar-refractivity contribution in [1.29, 1.82) is 0 Å². The Bertz CT molecular complexity index is 645. The quantitative estimate of drug-likeness (QED) is 0.675. The Morgan fingerprint density at radius 1 is 1.42 bits per heavy atom. The second-order valence-corrected chi connectivity index (χ2v) is 4.36. The lowest BCUT2D eigenvalue weighted by Gasteiger charge is -2.04. The number of nitro groups is 1. The van der Waals surface area contributed by atoms with Gasteiger partial charge in [0.15, 0.2) is 0 Å². The van der Waals surface area contributed by atoms with Crippen molar-refractivity contribution >= 4 is 22.7 Å². The molecule has 0 aliphatic heterocycles. The fourth-order valence-corrected chi connectivity index (χ4v) is 2.14. The minimum Gasteiger partial charge on any atom is -0.464 e. The van der Waals surface area contributed by atoms with E-state index in [9.17, 15) is 20.0 Å². The highest BCUT2D eigenvalue weighted by atomic mass is 16.6. The normalized spacial score (nSPS) is 10.8. The summed E-state index contributed by atoms with van der Waals surface area (Å²) in [7, 11) is 0. The van der Waals surface area contributed by atoms with E-state index in [1.807, 2.05) is 6.92 Å². The monoisotopic (exact) mass is 262 g/mol. The van der Waals surface area contributed by atoms with Gasteiger partial charge in [-0.3, -0.25) is 10.1 Å². The van der Waals surface area contributed by atoms with E-state index in [1.165, 1.54) is 22.8 Å². The third-order valence-electron chi connectivity index (χ3n) is 3.05. The molecule has 0 saturated heterocycles. The number of aryl methyl sites for hydroxylation is 1. The summed E-state index contributed by atoms with van der Waals surface area (Å²) in [5, 5.41) is 20.6. The predicted octanol–water partition coefficient (Wildman–Crippen LogP) is 3.42. The van der Waals surface area contributed by atoms with E-state index in [0.717, 1.165) is 12.8 Å². The van der Waals surface area contributed by atoms with Crippen molar-refractivity contribution in [3.63, 3.8) is 0 Å². The van der Waals surface area contributed by atoms with Crippen molar-refractivity contribution in [3.05, 3.63) is 40.1 Å². The molecule has 2 rings (SSSR count). The summed E-state index contributed by atoms with van der Waals surface area (Å²) in [6.07, 6.45) is 1.42. The van der Waals surface area contributed by atoms with Crippen molar-refractivity contribution in [3.8, 4) is 0 Å². The molecule has 0 unspecified atom stereocenters. The van der Waals surface area contributed by atoms with E-state index >= 15 is 0 Å². The summed E-state index contributed by atoms with van der Waals surface area (Å²) in [6, 6.07) is 5.93. The molecule has 6 nitrogen and oxygen atoms in total. The molecule has 0 aliphatic carbocycles. The molecule has 0 saturated carbocycles. The van der Waals surface area contributed by atoms with Gasteiger partial charge in [-0.25, -0.2) is 9.36 Å². The molecule has 0 amide bonds. The van der Waals surface area contributed by atoms with Gasteiger partial charge < -0.3 is 5.11 Å². The summed E-state index contributed by atoms with van der Waals surface area (Å²) in [5.74, 6) is 0. The number of hydrogen-bond donors (Lipinski definition) is 1. The van der Waals surface area contributed by atoms with Crippen molar-refractivity contribution in [2.75, 3.05) is 0 Å². The molecule has 2 aromatic rings. The number of benzene rings is 1. The molecule has 1 N–H and O–H groups in total. The van der Waals surface area contributed by atoms with Gasteiger partial charge in [-0.1, -0.05) is 13.3 Å². The number of aromatic nitrogens is 1. The number of carbonyl (C=O) groups is 1. The summed E-state index contributed by atoms with van der Waals surface area (Å²) in [5.41, 5.74) is 1.13. The number of nitro benzene ring substituents is 1. The molecule has 1 aromatic heterocycles. The maximum Gasteiger partial charge on any atom is 0.416 e. The summed E-state index contributed by atoms with van der Waals surface area (Å²) in [4.78, 5) is 21.5. The first-order valence-corrected chi connectivity index (χ1v) is 6.06. The highest BCUT2D eigenvalue weighted by molar-refractivity contribution is 5.91. The molecule has 0 radical (unpaired) electrons. The third-order valence-corrected chi connectivity index (χ3v) is 3.05. The van der Waals surface area contributed by atoms with Crippen LogP contribution in [0.2, 0.25) is 0 Å². The first-order valence-electron chi connectivity index (χ1n) is 6.06. The SMILES string of the molecule is CCCCc1cc2cc([N+](=O)[O-])ccc2n1C(=O)O. The van der Waals surface area contributed by atoms with Crippen LogP contribution in [0.5, 0.6) is 0 Å². The van der Waals surface area contributed by atoms with Gasteiger partial charge in [-0.2, -0.15) is 0 Å². The predicted molar refractivity (Wildman–Crippen MR) is 70.6 cm³/mol. The van der Waals surface area contributed by atoms with Crippen LogP contribution < -0.4 is 0 Å². The summed E-state index contributed by atoms with van der Waals surface area (Å²) < 4.78 is 1.20. The number of unbranched alkanes of at least 4 members (excludes halogenated alkanes) is 1. The standard InChI is InChI=1S/C13H14N2O4/c1-2-3-4-10-7-9-8-11(15(18)19)5-6-12(9)14(10)13(16)17/h5-8H,2-4H2,1H3,(H,16,17). The molecule has 0 fully saturated rings. The van der Waals surface area contributed by atoms with Crippen LogP contribution >= 0.6 is 0 Å². The van der Waals surface area contributed by atoms with Crippen LogP contribution in [0.4, 0.5) is 10.5 Å². The Labute approximate surface area is 109 Å². The zero-order valence-electron chi connectivity index (χ0n) is 10.5. The van der Waals surface area contributed by atoms with Gasteiger partial charge >= 0.3 is 6.09 Å². The van der Waals surface area contributed by atoms with E-state index in [-0.39, 0.29) is 5.69 Å². The minimum atomic E-state index is -1.06. The Balaban J connectivity index is 2.58. The van der Waals surface area contributed by atoms with Gasteiger partial charge in [0.05, 0.1) is 10.4 Å². The van der Waals surface area contributed by atoms with Crippen LogP contribution in [0, 0.1) is 10.1 Å². The smallest absolute Gasteiger partial charge is 0.416 e. The first-order chi connectivity index (χ1) is 9.04. The maximum atomic E-state index is 11.3. The third kappa shape index (κ3) is 2.42. The Morgan fingerprint density at radius 3 is 2.74 bits per heavy atom. The largest absolute Gasteiger partial charge is 0.464 e. The lowest BCUT2D eigenvalue weighted by molar-refractivity contribution is -0.384. The molecule has 0 atom stereocenters. The van der Waals surface area contributed by atoms with Crippen LogP contribution in [0.15, 0.2) is 24.3 Å². The van der Waals surface area contributed by atoms with Gasteiger partial charge in [0.25, 0.3) is 5.69 Å². The van der Waals surface area contributed by atoms with Gasteiger partial charge in [0.1, 0.15) is 0 Å². The van der Waals surface area contributed by atoms with Crippen LogP contribution in [0.1, 0.15) is 25.5 Å². The van der Waals surface area contributed by atoms with Gasteiger partial charge in [0.2, 0.25) is 0 Å². The van der Waals surface area contributed by atoms with Crippen molar-refractivity contribution in [1.82, 2.24) is 4.57 Å². The van der Waals surface area contributed by atoms with Crippen LogP contribution in [0.3, 0.4) is 0 Å². The highest BCUT2D eigenvalue weighted by Crippen LogP contribution is 2.25. The van der Waals surface area contributed by atoms with Crippen LogP contribution in [0.25, 0.3) is 10.9 Å². The zero-order valence-corrected chi connectivity index (χ0v) is 10.5. The van der Waals surface area contributed by atoms with Crippen molar-refractivity contribution in [2.24, 2.45) is 0 Å². The highest BCUT2D eigenvalue weighted by Gasteiger charge is 2.16. The zero-order chi connectivity index (χ0) is 14.0. The van der Waals surface area contributed by atoms with Crippen LogP contribution in [-0.2, 0) is 6.42 Å². The fraction of sp³-hybridized carbons (Fsp3) is 0.308. The van der Waals surface area contributed by atoms with Crippen molar-refractivity contribution < 1.29 is 14.8 Å². The first kappa shape index (κ1) is 13.1. The average molecular weight is 262 g/mol. The molecule has 1 aromatic carbocycles. The molecule has 0 aliphatic rings. The van der Waals surface area contributed by atoms with Gasteiger partial charge in [-0.05, 0) is 25.0 Å². The number of rotatable bonds is 4. The molecular weight excluding hydrogens is 248 g/mol. The topological polar surface area (TPSA) is 85.4 Å². The maximum absolute atomic E-state index is 11.3. The molecule has 0 spiro atoms. The van der Waals surface area contributed by atoms with E-state index in [1.54, 1.807) is 6.07 Å². The van der Waals surface area contributed by atoms with E-state index in [4.69, 9.17) is 0 Å². The fourth-order valence-electron chi connectivity index (χ4n) is 2.14. The Hall–Kier alpha value is -2.37. The number of hydrogen-bond acceptors (Lipinski definition) is 3. The summed E-state index contributed by atoms with van der Waals surface area (Å²) >= 11 is 0. The van der Waals surface area contributed by atoms with E-state index in [2.05, 4.69) is 0 Å². The Kier molecular flexibility index (Phi) is 3.50. The van der Waals surface area contributed by atoms with Crippen LogP contribution in [-0.4, -0.2) is 20.7 Å². The molecule has 0 bridgehead atoms. The van der Waals surface area contributed by atoms with E-state index < -0.39 is 11.0 Å². The van der Waals surface area contributed by atoms with Gasteiger partial charge in [0, 0.05) is 23.2 Å². The molecule has 6 heteroatoms. The number of fused-ring (bicyclic) bond motifs is 1. The number of carboxylic acid groups (broad SMARTS) is 1. The molecule has 1 heterocycles. The lowest BCUT2D eigenvalue weighted by atomic mass is 10.2. The van der Waals surface area contributed by atoms with Crippen molar-refractivity contribution in [2.45, 2.75) is 26.2 Å². The molecular formula is C13H14N2O4. The minimum absolute atomic E-state index is 0.0305. The second kappa shape index (κ2) is 5.09. The second-order valence-electron chi connectivity index (χ2n) is 4.36. The summed E-state index contributed by atoms with van der Waals surface area (Å²) in [6.45, 7) is 2.03. The molecule has 100 valence electrons. The Morgan fingerprint density at radius 2 is 2.16 bits per heavy atom. The van der Waals surface area contributed by atoms with E-state index in [0.29, 0.717) is 23.0 Å².